The number of benzene rings is 3. The number of ether oxygens (including phenoxy) is 1. The zero-order valence-corrected chi connectivity index (χ0v) is 18.0. The van der Waals surface area contributed by atoms with Crippen molar-refractivity contribution in [2.24, 2.45) is 5.16 Å². The molecule has 0 aliphatic carbocycles. The molecule has 0 spiro atoms. The zero-order chi connectivity index (χ0) is 23.2. The minimum absolute atomic E-state index is 0.0758. The van der Waals surface area contributed by atoms with Crippen molar-refractivity contribution in [3.05, 3.63) is 95.6 Å². The van der Waals surface area contributed by atoms with Crippen molar-refractivity contribution in [3.63, 3.8) is 0 Å². The highest BCUT2D eigenvalue weighted by atomic mass is 19.1. The number of rotatable bonds is 7. The lowest BCUT2D eigenvalue weighted by Crippen LogP contribution is -2.40. The largest absolute Gasteiger partial charge is 0.495 e. The number of anilines is 1. The number of methoxy groups -OCH3 is 1. The molecule has 6 nitrogen and oxygen atoms in total. The Kier molecular flexibility index (Phi) is 6.83. The number of hydrogen-bond donors (Lipinski definition) is 1. The summed E-state index contributed by atoms with van der Waals surface area (Å²) in [5.74, 6) is -0.912. The average molecular weight is 451 g/mol. The highest BCUT2D eigenvalue weighted by Gasteiger charge is 2.28. The molecule has 0 saturated heterocycles. The van der Waals surface area contributed by atoms with Gasteiger partial charge in [0.05, 0.1) is 31.6 Å². The second kappa shape index (κ2) is 10.1. The topological polar surface area (TPSA) is 63.2 Å². The number of nitrogens with one attached hydrogen (secondary N) is 1. The highest BCUT2D eigenvalue weighted by Crippen LogP contribution is 2.25. The van der Waals surface area contributed by atoms with Gasteiger partial charge in [0.25, 0.3) is 0 Å². The van der Waals surface area contributed by atoms with Crippen molar-refractivity contribution in [2.45, 2.75) is 19.1 Å². The van der Waals surface area contributed by atoms with Crippen LogP contribution in [-0.2, 0) is 11.4 Å². The molecule has 3 aromatic rings. The van der Waals surface area contributed by atoms with Gasteiger partial charge in [-0.05, 0) is 23.8 Å². The van der Waals surface area contributed by atoms with Gasteiger partial charge in [-0.25, -0.2) is 13.6 Å². The van der Waals surface area contributed by atoms with Crippen LogP contribution in [0.1, 0.15) is 17.5 Å². The zero-order valence-electron chi connectivity index (χ0n) is 18.0. The summed E-state index contributed by atoms with van der Waals surface area (Å²) in [6.07, 6.45) is 0.0843. The first-order valence-corrected chi connectivity index (χ1v) is 10.4. The summed E-state index contributed by atoms with van der Waals surface area (Å²) in [6.45, 7) is 0.0747. The van der Waals surface area contributed by atoms with Crippen molar-refractivity contribution in [1.29, 1.82) is 0 Å². The van der Waals surface area contributed by atoms with Crippen LogP contribution in [0.25, 0.3) is 0 Å². The molecule has 170 valence electrons. The van der Waals surface area contributed by atoms with Gasteiger partial charge in [0.2, 0.25) is 0 Å². The van der Waals surface area contributed by atoms with Crippen LogP contribution in [0.15, 0.2) is 78.0 Å². The van der Waals surface area contributed by atoms with Crippen molar-refractivity contribution in [2.75, 3.05) is 19.0 Å². The lowest BCUT2D eigenvalue weighted by molar-refractivity contribution is 0.0606. The standard InChI is InChI=1S/C25H23F2N3O3/c1-32-24-10-6-5-9-22(24)28-25(31)30(15-18-11-12-19(26)13-21(18)27)16-20-14-23(29-33-20)17-7-3-2-4-8-17/h2-13,20H,14-16H2,1H3,(H,28,31)/t20-/m0/s1. The summed E-state index contributed by atoms with van der Waals surface area (Å²) in [4.78, 5) is 20.2. The van der Waals surface area contributed by atoms with Gasteiger partial charge in [0, 0.05) is 18.1 Å². The number of carbonyl (C=O) groups excluding carboxylic acids is 1. The smallest absolute Gasteiger partial charge is 0.322 e. The second-order valence-electron chi connectivity index (χ2n) is 7.58. The Labute approximate surface area is 190 Å². The molecule has 3 aromatic carbocycles. The predicted molar refractivity (Wildman–Crippen MR) is 121 cm³/mol. The molecule has 0 saturated carbocycles. The maximum absolute atomic E-state index is 14.3. The van der Waals surface area contributed by atoms with E-state index in [0.717, 1.165) is 23.4 Å². The number of urea groups is 1. The summed E-state index contributed by atoms with van der Waals surface area (Å²) in [6, 6.07) is 19.4. The van der Waals surface area contributed by atoms with Crippen LogP contribution >= 0.6 is 0 Å². The normalized spacial score (nSPS) is 14.9. The lowest BCUT2D eigenvalue weighted by atomic mass is 10.0. The number of oxime groups is 1. The lowest BCUT2D eigenvalue weighted by Gasteiger charge is -2.26. The summed E-state index contributed by atoms with van der Waals surface area (Å²) in [5.41, 5.74) is 2.38. The molecule has 1 aliphatic rings. The van der Waals surface area contributed by atoms with Crippen molar-refractivity contribution in [1.82, 2.24) is 4.90 Å². The molecule has 1 N–H and O–H groups in total. The molecule has 1 aliphatic heterocycles. The summed E-state index contributed by atoms with van der Waals surface area (Å²) in [7, 11) is 1.51. The molecule has 33 heavy (non-hydrogen) atoms. The molecule has 8 heteroatoms. The maximum atomic E-state index is 14.3. The molecule has 2 amide bonds. The molecule has 0 bridgehead atoms. The van der Waals surface area contributed by atoms with Crippen LogP contribution in [0.5, 0.6) is 5.75 Å². The van der Waals surface area contributed by atoms with E-state index in [2.05, 4.69) is 10.5 Å². The van der Waals surface area contributed by atoms with E-state index in [1.54, 1.807) is 24.3 Å². The van der Waals surface area contributed by atoms with Crippen LogP contribution < -0.4 is 10.1 Å². The molecule has 0 fully saturated rings. The fraction of sp³-hybridized carbons (Fsp3) is 0.200. The molecule has 0 radical (unpaired) electrons. The Hall–Kier alpha value is -3.94. The first-order valence-electron chi connectivity index (χ1n) is 10.4. The highest BCUT2D eigenvalue weighted by molar-refractivity contribution is 6.01. The Balaban J connectivity index is 1.52. The summed E-state index contributed by atoms with van der Waals surface area (Å²) >= 11 is 0. The molecule has 0 unspecified atom stereocenters. The van der Waals surface area contributed by atoms with Gasteiger partial charge in [-0.3, -0.25) is 0 Å². The van der Waals surface area contributed by atoms with E-state index in [4.69, 9.17) is 9.57 Å². The molecular formula is C25H23F2N3O3. The van der Waals surface area contributed by atoms with Gasteiger partial charge in [-0.1, -0.05) is 53.7 Å². The number of amides is 2. The SMILES string of the molecule is COc1ccccc1NC(=O)N(Cc1ccc(F)cc1F)C[C@@H]1CC(c2ccccc2)=NO1. The number of carbonyl (C=O) groups is 1. The fourth-order valence-electron chi connectivity index (χ4n) is 3.59. The molecule has 0 aromatic heterocycles. The first kappa shape index (κ1) is 22.3. The van der Waals surface area contributed by atoms with Gasteiger partial charge >= 0.3 is 6.03 Å². The number of hydrogen-bond acceptors (Lipinski definition) is 4. The number of nitrogens with zero attached hydrogens (tertiary/aromatic N) is 2. The van der Waals surface area contributed by atoms with Crippen LogP contribution in [0.3, 0.4) is 0 Å². The molecular weight excluding hydrogens is 428 g/mol. The van der Waals surface area contributed by atoms with Gasteiger partial charge in [0.15, 0.2) is 6.10 Å². The minimum Gasteiger partial charge on any atom is -0.495 e. The van der Waals surface area contributed by atoms with Crippen molar-refractivity contribution < 1.29 is 23.1 Å². The third-order valence-corrected chi connectivity index (χ3v) is 5.28. The molecule has 1 heterocycles. The monoisotopic (exact) mass is 451 g/mol. The van der Waals surface area contributed by atoms with Gasteiger partial charge in [0.1, 0.15) is 17.4 Å². The number of halogens is 2. The molecule has 4 rings (SSSR count). The second-order valence-corrected chi connectivity index (χ2v) is 7.58. The minimum atomic E-state index is -0.723. The average Bonchev–Trinajstić information content (AvgIpc) is 3.30. The van der Waals surface area contributed by atoms with Crippen LogP contribution in [0, 0.1) is 11.6 Å². The third kappa shape index (κ3) is 5.46. The van der Waals surface area contributed by atoms with E-state index in [1.165, 1.54) is 18.1 Å². The Morgan fingerprint density at radius 3 is 2.64 bits per heavy atom. The Bertz CT molecular complexity index is 1150. The number of para-hydroxylation sites is 2. The van der Waals surface area contributed by atoms with Gasteiger partial charge < -0.3 is 19.8 Å². The van der Waals surface area contributed by atoms with Crippen molar-refractivity contribution >= 4 is 17.4 Å². The van der Waals surface area contributed by atoms with Crippen LogP contribution in [-0.4, -0.2) is 36.4 Å². The van der Waals surface area contributed by atoms with Crippen molar-refractivity contribution in [3.8, 4) is 5.75 Å². The summed E-state index contributed by atoms with van der Waals surface area (Å²) < 4.78 is 33.0. The van der Waals surface area contributed by atoms with E-state index in [-0.39, 0.29) is 18.7 Å². The first-order chi connectivity index (χ1) is 16.0. The third-order valence-electron chi connectivity index (χ3n) is 5.28. The predicted octanol–water partition coefficient (Wildman–Crippen LogP) is 5.20. The van der Waals surface area contributed by atoms with E-state index in [0.29, 0.717) is 17.9 Å². The van der Waals surface area contributed by atoms with Crippen LogP contribution in [0.2, 0.25) is 0 Å². The Morgan fingerprint density at radius 1 is 1.12 bits per heavy atom. The van der Waals surface area contributed by atoms with E-state index in [9.17, 15) is 13.6 Å². The quantitative estimate of drug-likeness (QED) is 0.537. The van der Waals surface area contributed by atoms with E-state index < -0.39 is 23.8 Å². The van der Waals surface area contributed by atoms with E-state index in [1.807, 2.05) is 30.3 Å². The van der Waals surface area contributed by atoms with Gasteiger partial charge in [-0.15, -0.1) is 0 Å². The summed E-state index contributed by atoms with van der Waals surface area (Å²) in [5, 5.41) is 6.96. The van der Waals surface area contributed by atoms with E-state index >= 15 is 0 Å². The molecule has 1 atom stereocenters. The van der Waals surface area contributed by atoms with Gasteiger partial charge in [-0.2, -0.15) is 0 Å². The van der Waals surface area contributed by atoms with Crippen LogP contribution in [0.4, 0.5) is 19.3 Å². The Morgan fingerprint density at radius 2 is 1.88 bits per heavy atom. The maximum Gasteiger partial charge on any atom is 0.322 e. The fourth-order valence-corrected chi connectivity index (χ4v) is 3.59.